The Labute approximate surface area is 130 Å². The van der Waals surface area contributed by atoms with Gasteiger partial charge in [0, 0.05) is 12.0 Å². The number of carbonyl (C=O) groups is 3. The van der Waals surface area contributed by atoms with Gasteiger partial charge in [0.15, 0.2) is 0 Å². The van der Waals surface area contributed by atoms with Crippen molar-refractivity contribution in [1.82, 2.24) is 0 Å². The van der Waals surface area contributed by atoms with Gasteiger partial charge in [0.1, 0.15) is 11.6 Å². The summed E-state index contributed by atoms with van der Waals surface area (Å²) in [4.78, 5) is 33.7. The lowest BCUT2D eigenvalue weighted by molar-refractivity contribution is -0.139. The molecule has 1 aromatic rings. The summed E-state index contributed by atoms with van der Waals surface area (Å²) in [5.74, 6) is -0.935. The fourth-order valence-corrected chi connectivity index (χ4v) is 1.71. The van der Waals surface area contributed by atoms with Crippen LogP contribution in [0.2, 0.25) is 0 Å². The fourth-order valence-electron chi connectivity index (χ4n) is 1.71. The molecule has 0 radical (unpaired) electrons. The van der Waals surface area contributed by atoms with Gasteiger partial charge in [-0.15, -0.1) is 0 Å². The molecule has 4 nitrogen and oxygen atoms in total. The highest BCUT2D eigenvalue weighted by Crippen LogP contribution is 2.07. The molecule has 1 aromatic carbocycles. The number of carbonyl (C=O) groups excluding carboxylic acids is 3. The normalized spacial score (nSPS) is 10.4. The van der Waals surface area contributed by atoms with Gasteiger partial charge in [-0.2, -0.15) is 0 Å². The number of Topliss-reactive ketones (excluding diaryl/α,β-unsaturated/α-hetero) is 2. The van der Waals surface area contributed by atoms with Gasteiger partial charge in [-0.1, -0.05) is 49.1 Å². The summed E-state index contributed by atoms with van der Waals surface area (Å²) in [6, 6.07) is 9.71. The van der Waals surface area contributed by atoms with Crippen LogP contribution in [0.25, 0.3) is 6.08 Å². The zero-order valence-corrected chi connectivity index (χ0v) is 12.7. The number of rotatable bonds is 9. The largest absolute Gasteiger partial charge is 0.462 e. The maximum Gasteiger partial charge on any atom is 0.333 e. The lowest BCUT2D eigenvalue weighted by Crippen LogP contribution is -2.12. The molecule has 0 bridgehead atoms. The molecule has 0 saturated carbocycles. The van der Waals surface area contributed by atoms with Gasteiger partial charge >= 0.3 is 5.97 Å². The third kappa shape index (κ3) is 7.33. The van der Waals surface area contributed by atoms with Crippen LogP contribution >= 0.6 is 0 Å². The topological polar surface area (TPSA) is 60.4 Å². The Morgan fingerprint density at radius 2 is 1.86 bits per heavy atom. The quantitative estimate of drug-likeness (QED) is 0.399. The molecule has 0 heterocycles. The van der Waals surface area contributed by atoms with E-state index >= 15 is 0 Å². The molecule has 116 valence electrons. The molecule has 0 unspecified atom stereocenters. The van der Waals surface area contributed by atoms with Crippen LogP contribution in [0.3, 0.4) is 0 Å². The zero-order chi connectivity index (χ0) is 16.4. The molecule has 1 rings (SSSR count). The van der Waals surface area contributed by atoms with Crippen molar-refractivity contribution in [2.75, 3.05) is 6.61 Å². The van der Waals surface area contributed by atoms with Crippen LogP contribution in [0.1, 0.15) is 31.7 Å². The first-order valence-corrected chi connectivity index (χ1v) is 7.06. The van der Waals surface area contributed by atoms with E-state index in [2.05, 4.69) is 6.58 Å². The van der Waals surface area contributed by atoms with Crippen LogP contribution in [0.5, 0.6) is 0 Å². The molecule has 0 aromatic heterocycles. The molecule has 22 heavy (non-hydrogen) atoms. The van der Waals surface area contributed by atoms with E-state index in [4.69, 9.17) is 4.74 Å². The number of ketones is 2. The van der Waals surface area contributed by atoms with Crippen molar-refractivity contribution in [3.63, 3.8) is 0 Å². The Morgan fingerprint density at radius 3 is 2.50 bits per heavy atom. The number of hydrogen-bond acceptors (Lipinski definition) is 4. The van der Waals surface area contributed by atoms with Gasteiger partial charge in [-0.3, -0.25) is 9.59 Å². The highest BCUT2D eigenvalue weighted by molar-refractivity contribution is 5.98. The fraction of sp³-hybridized carbons (Fsp3) is 0.278. The number of esters is 1. The SMILES string of the molecule is C=C(CC=Cc1ccccc1)C(=O)OCCC(=O)CC(C)=O. The van der Waals surface area contributed by atoms with E-state index in [1.165, 1.54) is 6.92 Å². The predicted octanol–water partition coefficient (Wildman–Crippen LogP) is 3.13. The van der Waals surface area contributed by atoms with Crippen molar-refractivity contribution < 1.29 is 19.1 Å². The van der Waals surface area contributed by atoms with Gasteiger partial charge in [0.25, 0.3) is 0 Å². The lowest BCUT2D eigenvalue weighted by Gasteiger charge is -2.04. The molecule has 0 saturated heterocycles. The Balaban J connectivity index is 2.28. The summed E-state index contributed by atoms with van der Waals surface area (Å²) < 4.78 is 4.95. The molecule has 0 N–H and O–H groups in total. The van der Waals surface area contributed by atoms with Crippen LogP contribution in [0.4, 0.5) is 0 Å². The second kappa shape index (κ2) is 9.45. The molecule has 0 atom stereocenters. The molecule has 0 spiro atoms. The summed E-state index contributed by atoms with van der Waals surface area (Å²) in [5.41, 5.74) is 1.37. The minimum atomic E-state index is -0.520. The van der Waals surface area contributed by atoms with E-state index in [-0.39, 0.29) is 31.0 Å². The van der Waals surface area contributed by atoms with E-state index in [1.54, 1.807) is 0 Å². The minimum Gasteiger partial charge on any atom is -0.462 e. The second-order valence-electron chi connectivity index (χ2n) is 4.92. The molecule has 0 aliphatic carbocycles. The first kappa shape index (κ1) is 17.6. The third-order valence-electron chi connectivity index (χ3n) is 2.82. The predicted molar refractivity (Wildman–Crippen MR) is 85.1 cm³/mol. The standard InChI is InChI=1S/C18H20O4/c1-14(7-6-10-16-8-4-3-5-9-16)18(21)22-12-11-17(20)13-15(2)19/h3-6,8-10H,1,7,11-13H2,2H3. The number of benzene rings is 1. The lowest BCUT2D eigenvalue weighted by atomic mass is 10.1. The molecule has 4 heteroatoms. The summed E-state index contributed by atoms with van der Waals surface area (Å²) in [6.45, 7) is 5.00. The Kier molecular flexibility index (Phi) is 7.54. The van der Waals surface area contributed by atoms with Gasteiger partial charge in [0.05, 0.1) is 13.0 Å². The van der Waals surface area contributed by atoms with Crippen LogP contribution in [-0.4, -0.2) is 24.1 Å². The summed E-state index contributed by atoms with van der Waals surface area (Å²) in [5, 5.41) is 0. The van der Waals surface area contributed by atoms with Crippen molar-refractivity contribution in [2.24, 2.45) is 0 Å². The minimum absolute atomic E-state index is 0.0215. The van der Waals surface area contributed by atoms with Crippen molar-refractivity contribution in [3.05, 3.63) is 54.1 Å². The highest BCUT2D eigenvalue weighted by atomic mass is 16.5. The summed E-state index contributed by atoms with van der Waals surface area (Å²) in [6.07, 6.45) is 4.06. The van der Waals surface area contributed by atoms with E-state index in [0.29, 0.717) is 12.0 Å². The first-order valence-electron chi connectivity index (χ1n) is 7.06. The summed E-state index contributed by atoms with van der Waals surface area (Å²) >= 11 is 0. The maximum atomic E-state index is 11.7. The van der Waals surface area contributed by atoms with Crippen molar-refractivity contribution in [1.29, 1.82) is 0 Å². The van der Waals surface area contributed by atoms with Crippen molar-refractivity contribution >= 4 is 23.6 Å². The zero-order valence-electron chi connectivity index (χ0n) is 12.7. The van der Waals surface area contributed by atoms with Crippen molar-refractivity contribution in [2.45, 2.75) is 26.2 Å². The Hall–Kier alpha value is -2.49. The third-order valence-corrected chi connectivity index (χ3v) is 2.82. The molecule has 0 aliphatic heterocycles. The maximum absolute atomic E-state index is 11.7. The van der Waals surface area contributed by atoms with Gasteiger partial charge < -0.3 is 4.74 Å². The highest BCUT2D eigenvalue weighted by Gasteiger charge is 2.09. The second-order valence-corrected chi connectivity index (χ2v) is 4.92. The van der Waals surface area contributed by atoms with E-state index in [1.807, 2.05) is 42.5 Å². The average Bonchev–Trinajstić information content (AvgIpc) is 2.47. The smallest absolute Gasteiger partial charge is 0.333 e. The number of allylic oxidation sites excluding steroid dienone is 1. The molecule has 0 fully saturated rings. The van der Waals surface area contributed by atoms with Crippen LogP contribution in [0.15, 0.2) is 48.6 Å². The monoisotopic (exact) mass is 300 g/mol. The van der Waals surface area contributed by atoms with E-state index < -0.39 is 5.97 Å². The van der Waals surface area contributed by atoms with E-state index in [9.17, 15) is 14.4 Å². The molecular weight excluding hydrogens is 280 g/mol. The number of hydrogen-bond donors (Lipinski definition) is 0. The van der Waals surface area contributed by atoms with Crippen LogP contribution in [-0.2, 0) is 19.1 Å². The Bertz CT molecular complexity index is 570. The first-order chi connectivity index (χ1) is 10.5. The summed E-state index contributed by atoms with van der Waals surface area (Å²) in [7, 11) is 0. The van der Waals surface area contributed by atoms with Gasteiger partial charge in [-0.05, 0) is 18.9 Å². The van der Waals surface area contributed by atoms with Gasteiger partial charge in [-0.25, -0.2) is 4.79 Å². The Morgan fingerprint density at radius 1 is 1.18 bits per heavy atom. The van der Waals surface area contributed by atoms with E-state index in [0.717, 1.165) is 5.56 Å². The van der Waals surface area contributed by atoms with Crippen molar-refractivity contribution in [3.8, 4) is 0 Å². The molecule has 0 aliphatic rings. The molecular formula is C18H20O4. The van der Waals surface area contributed by atoms with Crippen LogP contribution in [0, 0.1) is 0 Å². The average molecular weight is 300 g/mol. The van der Waals surface area contributed by atoms with Gasteiger partial charge in [0.2, 0.25) is 0 Å². The molecule has 0 amide bonds. The van der Waals surface area contributed by atoms with Crippen LogP contribution < -0.4 is 0 Å². The number of ether oxygens (including phenoxy) is 1.